The number of hydrogen-bond donors (Lipinski definition) is 1. The second-order valence-electron chi connectivity index (χ2n) is 5.25. The molecule has 0 amide bonds. The first-order valence-corrected chi connectivity index (χ1v) is 5.12. The number of aliphatic carboxylic acids is 1. The van der Waals surface area contributed by atoms with E-state index < -0.39 is 11.4 Å². The number of fused-ring (bicyclic) bond motifs is 1. The molecule has 2 aliphatic carbocycles. The van der Waals surface area contributed by atoms with Crippen molar-refractivity contribution in [3.63, 3.8) is 0 Å². The summed E-state index contributed by atoms with van der Waals surface area (Å²) in [5.41, 5.74) is -1.07. The Balaban J connectivity index is 2.35. The van der Waals surface area contributed by atoms with Gasteiger partial charge in [0.2, 0.25) is 0 Å². The maximum absolute atomic E-state index is 11.7. The minimum Gasteiger partial charge on any atom is -0.480 e. The number of Topliss-reactive ketones (excluding diaryl/α,β-unsaturated/α-hetero) is 1. The zero-order chi connectivity index (χ0) is 10.7. The van der Waals surface area contributed by atoms with Gasteiger partial charge >= 0.3 is 5.97 Å². The SMILES string of the molecule is CC(C)[C@]12CC(=O)[C@@](C)(C(=O)O)[C@H]1C2. The van der Waals surface area contributed by atoms with Crippen LogP contribution in [0.1, 0.15) is 33.6 Å². The van der Waals surface area contributed by atoms with Crippen molar-refractivity contribution >= 4 is 11.8 Å². The van der Waals surface area contributed by atoms with Gasteiger partial charge < -0.3 is 5.11 Å². The molecule has 0 aliphatic heterocycles. The average molecular weight is 196 g/mol. The Bertz CT molecular complexity index is 320. The van der Waals surface area contributed by atoms with Crippen LogP contribution in [0, 0.1) is 22.7 Å². The number of carboxylic acids is 1. The summed E-state index contributed by atoms with van der Waals surface area (Å²) in [5, 5.41) is 9.12. The lowest BCUT2D eigenvalue weighted by atomic mass is 9.84. The molecular formula is C11H16O3. The molecule has 3 atom stereocenters. The Morgan fingerprint density at radius 1 is 1.57 bits per heavy atom. The highest BCUT2D eigenvalue weighted by atomic mass is 16.4. The van der Waals surface area contributed by atoms with Crippen molar-refractivity contribution < 1.29 is 14.7 Å². The standard InChI is InChI=1S/C11H16O3/c1-6(2)11-4-7(11)10(3,9(13)14)8(12)5-11/h6-7H,4-5H2,1-3H3,(H,13,14)/t7-,10+,11+/m1/s1. The largest absolute Gasteiger partial charge is 0.480 e. The van der Waals surface area contributed by atoms with Gasteiger partial charge in [-0.3, -0.25) is 9.59 Å². The van der Waals surface area contributed by atoms with Crippen molar-refractivity contribution in [3.05, 3.63) is 0 Å². The van der Waals surface area contributed by atoms with Crippen LogP contribution in [-0.4, -0.2) is 16.9 Å². The Hall–Kier alpha value is -0.860. The maximum atomic E-state index is 11.7. The molecular weight excluding hydrogens is 180 g/mol. The van der Waals surface area contributed by atoms with Crippen molar-refractivity contribution in [2.45, 2.75) is 33.6 Å². The first kappa shape index (κ1) is 9.69. The predicted molar refractivity (Wildman–Crippen MR) is 50.7 cm³/mol. The third-order valence-electron chi connectivity index (χ3n) is 4.48. The van der Waals surface area contributed by atoms with E-state index in [-0.39, 0.29) is 17.1 Å². The van der Waals surface area contributed by atoms with E-state index in [4.69, 9.17) is 5.11 Å². The van der Waals surface area contributed by atoms with Gasteiger partial charge in [-0.25, -0.2) is 0 Å². The molecule has 0 aromatic carbocycles. The first-order valence-electron chi connectivity index (χ1n) is 5.12. The molecule has 0 aromatic heterocycles. The summed E-state index contributed by atoms with van der Waals surface area (Å²) in [6, 6.07) is 0. The van der Waals surface area contributed by atoms with Crippen LogP contribution in [0.5, 0.6) is 0 Å². The normalized spacial score (nSPS) is 45.4. The smallest absolute Gasteiger partial charge is 0.317 e. The predicted octanol–water partition coefficient (Wildman–Crippen LogP) is 1.71. The number of rotatable bonds is 2. The third-order valence-corrected chi connectivity index (χ3v) is 4.48. The fourth-order valence-corrected chi connectivity index (χ4v) is 3.08. The van der Waals surface area contributed by atoms with Crippen LogP contribution in [0.15, 0.2) is 0 Å². The molecule has 0 heterocycles. The molecule has 14 heavy (non-hydrogen) atoms. The molecule has 78 valence electrons. The number of carbonyl (C=O) groups excluding carboxylic acids is 1. The van der Waals surface area contributed by atoms with Gasteiger partial charge in [0, 0.05) is 6.42 Å². The summed E-state index contributed by atoms with van der Waals surface area (Å²) in [7, 11) is 0. The summed E-state index contributed by atoms with van der Waals surface area (Å²) in [4.78, 5) is 22.8. The van der Waals surface area contributed by atoms with Gasteiger partial charge in [-0.1, -0.05) is 13.8 Å². The number of ketones is 1. The molecule has 0 aromatic rings. The van der Waals surface area contributed by atoms with Crippen molar-refractivity contribution in [2.24, 2.45) is 22.7 Å². The van der Waals surface area contributed by atoms with Crippen LogP contribution in [0.4, 0.5) is 0 Å². The van der Waals surface area contributed by atoms with E-state index in [0.29, 0.717) is 12.3 Å². The molecule has 3 nitrogen and oxygen atoms in total. The van der Waals surface area contributed by atoms with Crippen LogP contribution < -0.4 is 0 Å². The molecule has 0 unspecified atom stereocenters. The van der Waals surface area contributed by atoms with E-state index in [1.54, 1.807) is 6.92 Å². The van der Waals surface area contributed by atoms with Gasteiger partial charge in [-0.15, -0.1) is 0 Å². The molecule has 2 saturated carbocycles. The fourth-order valence-electron chi connectivity index (χ4n) is 3.08. The second-order valence-corrected chi connectivity index (χ2v) is 5.25. The first-order chi connectivity index (χ1) is 6.35. The minimum absolute atomic E-state index is 0.0181. The van der Waals surface area contributed by atoms with Gasteiger partial charge in [-0.05, 0) is 30.6 Å². The van der Waals surface area contributed by atoms with Gasteiger partial charge in [0.1, 0.15) is 5.41 Å². The number of carbonyl (C=O) groups is 2. The number of hydrogen-bond acceptors (Lipinski definition) is 2. The lowest BCUT2D eigenvalue weighted by Gasteiger charge is -2.17. The Morgan fingerprint density at radius 2 is 2.14 bits per heavy atom. The highest BCUT2D eigenvalue weighted by Gasteiger charge is 2.74. The fraction of sp³-hybridized carbons (Fsp3) is 0.818. The van der Waals surface area contributed by atoms with Crippen LogP contribution in [0.2, 0.25) is 0 Å². The molecule has 0 saturated heterocycles. The molecule has 2 aliphatic rings. The summed E-state index contributed by atoms with van der Waals surface area (Å²) in [6.07, 6.45) is 1.39. The van der Waals surface area contributed by atoms with Gasteiger partial charge in [0.25, 0.3) is 0 Å². The van der Waals surface area contributed by atoms with Crippen LogP contribution >= 0.6 is 0 Å². The maximum Gasteiger partial charge on any atom is 0.317 e. The summed E-state index contributed by atoms with van der Waals surface area (Å²) >= 11 is 0. The third kappa shape index (κ3) is 0.830. The van der Waals surface area contributed by atoms with Crippen molar-refractivity contribution in [1.29, 1.82) is 0 Å². The van der Waals surface area contributed by atoms with E-state index in [2.05, 4.69) is 13.8 Å². The van der Waals surface area contributed by atoms with E-state index >= 15 is 0 Å². The Labute approximate surface area is 83.5 Å². The summed E-state index contributed by atoms with van der Waals surface area (Å²) in [6.45, 7) is 5.77. The molecule has 0 spiro atoms. The summed E-state index contributed by atoms with van der Waals surface area (Å²) in [5.74, 6) is -0.514. The van der Waals surface area contributed by atoms with Crippen molar-refractivity contribution in [2.75, 3.05) is 0 Å². The van der Waals surface area contributed by atoms with Crippen molar-refractivity contribution in [3.8, 4) is 0 Å². The Morgan fingerprint density at radius 3 is 2.43 bits per heavy atom. The summed E-state index contributed by atoms with van der Waals surface area (Å²) < 4.78 is 0. The van der Waals surface area contributed by atoms with Crippen LogP contribution in [0.25, 0.3) is 0 Å². The van der Waals surface area contributed by atoms with Crippen molar-refractivity contribution in [1.82, 2.24) is 0 Å². The van der Waals surface area contributed by atoms with E-state index in [1.165, 1.54) is 0 Å². The van der Waals surface area contributed by atoms with Gasteiger partial charge in [0.05, 0.1) is 0 Å². The highest BCUT2D eigenvalue weighted by Crippen LogP contribution is 2.72. The van der Waals surface area contributed by atoms with Gasteiger partial charge in [0.15, 0.2) is 5.78 Å². The highest BCUT2D eigenvalue weighted by molar-refractivity contribution is 6.06. The van der Waals surface area contributed by atoms with Crippen LogP contribution in [-0.2, 0) is 9.59 Å². The van der Waals surface area contributed by atoms with E-state index in [0.717, 1.165) is 6.42 Å². The zero-order valence-electron chi connectivity index (χ0n) is 8.83. The molecule has 0 radical (unpaired) electrons. The molecule has 0 bridgehead atoms. The second kappa shape index (κ2) is 2.38. The molecule has 2 rings (SSSR count). The lowest BCUT2D eigenvalue weighted by Crippen LogP contribution is -2.35. The quantitative estimate of drug-likeness (QED) is 0.684. The average Bonchev–Trinajstić information content (AvgIpc) is 2.74. The lowest BCUT2D eigenvalue weighted by molar-refractivity contribution is -0.153. The molecule has 2 fully saturated rings. The minimum atomic E-state index is -1.09. The molecule has 1 N–H and O–H groups in total. The molecule has 3 heteroatoms. The van der Waals surface area contributed by atoms with Crippen LogP contribution in [0.3, 0.4) is 0 Å². The van der Waals surface area contributed by atoms with E-state index in [9.17, 15) is 9.59 Å². The monoisotopic (exact) mass is 196 g/mol. The van der Waals surface area contributed by atoms with E-state index in [1.807, 2.05) is 0 Å². The number of carboxylic acid groups (broad SMARTS) is 1. The Kier molecular flexibility index (Phi) is 1.65. The topological polar surface area (TPSA) is 54.4 Å². The zero-order valence-corrected chi connectivity index (χ0v) is 8.83. The van der Waals surface area contributed by atoms with Gasteiger partial charge in [-0.2, -0.15) is 0 Å².